The Morgan fingerprint density at radius 1 is 0.938 bits per heavy atom. The van der Waals surface area contributed by atoms with E-state index in [1.54, 1.807) is 14.2 Å². The van der Waals surface area contributed by atoms with Crippen molar-refractivity contribution in [3.05, 3.63) is 78.4 Å². The maximum absolute atomic E-state index is 5.41. The highest BCUT2D eigenvalue weighted by Crippen LogP contribution is 2.32. The molecule has 0 amide bonds. The number of thiocarbonyl (C=S) groups is 1. The molecular formula is C25H24N4O2S. The van der Waals surface area contributed by atoms with Crippen molar-refractivity contribution in [3.8, 4) is 22.8 Å². The van der Waals surface area contributed by atoms with Crippen molar-refractivity contribution in [2.75, 3.05) is 19.5 Å². The molecule has 4 rings (SSSR count). The topological polar surface area (TPSA) is 59.8 Å². The molecule has 0 aliphatic heterocycles. The summed E-state index contributed by atoms with van der Waals surface area (Å²) < 4.78 is 12.8. The summed E-state index contributed by atoms with van der Waals surface area (Å²) in [5, 5.41) is 9.02. The first kappa shape index (κ1) is 21.4. The smallest absolute Gasteiger partial charge is 0.191 e. The minimum absolute atomic E-state index is 0.370. The van der Waals surface area contributed by atoms with Gasteiger partial charge in [0.25, 0.3) is 0 Å². The van der Waals surface area contributed by atoms with E-state index in [4.69, 9.17) is 21.7 Å². The number of ether oxygens (including phenoxy) is 2. The van der Waals surface area contributed by atoms with Crippen LogP contribution in [0.15, 0.2) is 77.9 Å². The van der Waals surface area contributed by atoms with Gasteiger partial charge in [-0.1, -0.05) is 48.5 Å². The zero-order chi connectivity index (χ0) is 22.5. The van der Waals surface area contributed by atoms with E-state index in [0.717, 1.165) is 33.4 Å². The van der Waals surface area contributed by atoms with Crippen molar-refractivity contribution in [2.24, 2.45) is 12.1 Å². The second-order valence-electron chi connectivity index (χ2n) is 7.10. The van der Waals surface area contributed by atoms with E-state index in [-0.39, 0.29) is 0 Å². The number of anilines is 1. The number of para-hydroxylation sites is 1. The summed E-state index contributed by atoms with van der Waals surface area (Å²) in [6.07, 6.45) is 1.81. The van der Waals surface area contributed by atoms with Crippen molar-refractivity contribution < 1.29 is 9.47 Å². The number of nitrogens with zero attached hydrogens (tertiary/aromatic N) is 2. The Bertz CT molecular complexity index is 1280. The van der Waals surface area contributed by atoms with E-state index >= 15 is 0 Å². The molecule has 0 unspecified atom stereocenters. The van der Waals surface area contributed by atoms with Crippen LogP contribution in [-0.2, 0) is 7.05 Å². The van der Waals surface area contributed by atoms with Crippen molar-refractivity contribution in [1.29, 1.82) is 0 Å². The Kier molecular flexibility index (Phi) is 6.37. The van der Waals surface area contributed by atoms with E-state index in [9.17, 15) is 0 Å². The van der Waals surface area contributed by atoms with E-state index in [1.807, 2.05) is 54.7 Å². The highest BCUT2D eigenvalue weighted by atomic mass is 32.1. The molecule has 162 valence electrons. The van der Waals surface area contributed by atoms with Crippen LogP contribution < -0.4 is 20.2 Å². The minimum Gasteiger partial charge on any atom is -0.493 e. The van der Waals surface area contributed by atoms with Crippen LogP contribution in [0, 0.1) is 0 Å². The zero-order valence-corrected chi connectivity index (χ0v) is 18.9. The Hall–Kier alpha value is -3.84. The maximum atomic E-state index is 5.41. The lowest BCUT2D eigenvalue weighted by atomic mass is 10.1. The molecule has 6 nitrogen and oxygen atoms in total. The summed E-state index contributed by atoms with van der Waals surface area (Å²) in [5.41, 5.74) is 8.05. The molecule has 0 aliphatic carbocycles. The number of hydrogen-bond acceptors (Lipinski definition) is 4. The fraction of sp³-hybridized carbons (Fsp3) is 0.120. The van der Waals surface area contributed by atoms with Gasteiger partial charge >= 0.3 is 0 Å². The fourth-order valence-electron chi connectivity index (χ4n) is 3.73. The van der Waals surface area contributed by atoms with Crippen LogP contribution in [0.1, 0.15) is 5.56 Å². The number of hydrogen-bond donors (Lipinski definition) is 2. The van der Waals surface area contributed by atoms with Crippen molar-refractivity contribution in [1.82, 2.24) is 9.99 Å². The Labute approximate surface area is 192 Å². The predicted molar refractivity (Wildman–Crippen MR) is 135 cm³/mol. The third-order valence-corrected chi connectivity index (χ3v) is 5.39. The number of methoxy groups -OCH3 is 2. The lowest BCUT2D eigenvalue weighted by Crippen LogP contribution is -2.23. The largest absolute Gasteiger partial charge is 0.493 e. The van der Waals surface area contributed by atoms with E-state index in [2.05, 4.69) is 51.7 Å². The molecule has 0 bridgehead atoms. The zero-order valence-electron chi connectivity index (χ0n) is 18.1. The van der Waals surface area contributed by atoms with Gasteiger partial charge in [-0.2, -0.15) is 5.10 Å². The highest BCUT2D eigenvalue weighted by molar-refractivity contribution is 7.80. The lowest BCUT2D eigenvalue weighted by Gasteiger charge is -2.11. The van der Waals surface area contributed by atoms with E-state index in [1.165, 1.54) is 0 Å². The quantitative estimate of drug-likeness (QED) is 0.244. The molecule has 0 radical (unpaired) electrons. The molecule has 0 saturated carbocycles. The predicted octanol–water partition coefficient (Wildman–Crippen LogP) is 5.18. The van der Waals surface area contributed by atoms with Crippen molar-refractivity contribution in [3.63, 3.8) is 0 Å². The first-order valence-corrected chi connectivity index (χ1v) is 10.5. The molecule has 1 aromatic heterocycles. The molecule has 4 aromatic rings. The average Bonchev–Trinajstić information content (AvgIpc) is 3.11. The first-order chi connectivity index (χ1) is 15.6. The number of benzene rings is 3. The van der Waals surface area contributed by atoms with Gasteiger partial charge in [0.15, 0.2) is 16.6 Å². The normalized spacial score (nSPS) is 11.0. The number of aryl methyl sites for hydroxylation is 1. The van der Waals surface area contributed by atoms with Gasteiger partial charge in [0, 0.05) is 35.3 Å². The number of aromatic nitrogens is 1. The Morgan fingerprint density at radius 2 is 1.66 bits per heavy atom. The second-order valence-corrected chi connectivity index (χ2v) is 7.51. The molecule has 0 spiro atoms. The molecular weight excluding hydrogens is 420 g/mol. The van der Waals surface area contributed by atoms with Crippen molar-refractivity contribution >= 4 is 40.1 Å². The molecule has 0 aliphatic rings. The monoisotopic (exact) mass is 444 g/mol. The molecule has 0 fully saturated rings. The Morgan fingerprint density at radius 3 is 2.41 bits per heavy atom. The fourth-order valence-corrected chi connectivity index (χ4v) is 3.90. The van der Waals surface area contributed by atoms with Crippen LogP contribution in [0.4, 0.5) is 5.69 Å². The van der Waals surface area contributed by atoms with Crippen LogP contribution in [0.5, 0.6) is 11.5 Å². The van der Waals surface area contributed by atoms with Crippen LogP contribution in [0.3, 0.4) is 0 Å². The van der Waals surface area contributed by atoms with E-state index < -0.39 is 0 Å². The summed E-state index contributed by atoms with van der Waals surface area (Å²) in [7, 11) is 5.26. The standard InChI is InChI=1S/C25H24N4O2S/c1-29-21-12-8-7-11-19(21)20(24(29)17-9-5-4-6-10-17)16-26-28-25(32)27-18-13-14-22(30-2)23(15-18)31-3/h4-16H,1-3H3,(H2,27,28,32). The maximum Gasteiger partial charge on any atom is 0.191 e. The Balaban J connectivity index is 1.57. The number of fused-ring (bicyclic) bond motifs is 1. The molecule has 1 heterocycles. The average molecular weight is 445 g/mol. The molecule has 3 aromatic carbocycles. The van der Waals surface area contributed by atoms with Crippen molar-refractivity contribution in [2.45, 2.75) is 0 Å². The van der Waals surface area contributed by atoms with Gasteiger partial charge in [-0.05, 0) is 36.0 Å². The van der Waals surface area contributed by atoms with Gasteiger partial charge in [0.05, 0.1) is 26.1 Å². The third-order valence-electron chi connectivity index (χ3n) is 5.19. The second kappa shape index (κ2) is 9.53. The van der Waals surface area contributed by atoms with Crippen LogP contribution in [0.25, 0.3) is 22.2 Å². The number of rotatable bonds is 6. The van der Waals surface area contributed by atoms with Gasteiger partial charge in [0.2, 0.25) is 0 Å². The minimum atomic E-state index is 0.370. The van der Waals surface area contributed by atoms with Gasteiger partial charge in [-0.3, -0.25) is 5.43 Å². The highest BCUT2D eigenvalue weighted by Gasteiger charge is 2.15. The number of nitrogens with one attached hydrogen (secondary N) is 2. The summed E-state index contributed by atoms with van der Waals surface area (Å²) in [6.45, 7) is 0. The van der Waals surface area contributed by atoms with Gasteiger partial charge in [-0.25, -0.2) is 0 Å². The first-order valence-electron chi connectivity index (χ1n) is 10.1. The summed E-state index contributed by atoms with van der Waals surface area (Å²) in [5.74, 6) is 1.27. The summed E-state index contributed by atoms with van der Waals surface area (Å²) in [4.78, 5) is 0. The number of hydrazone groups is 1. The van der Waals surface area contributed by atoms with Crippen LogP contribution in [0.2, 0.25) is 0 Å². The molecule has 0 saturated heterocycles. The molecule has 0 atom stereocenters. The van der Waals surface area contributed by atoms with Gasteiger partial charge in [-0.15, -0.1) is 0 Å². The molecule has 2 N–H and O–H groups in total. The molecule has 32 heavy (non-hydrogen) atoms. The summed E-state index contributed by atoms with van der Waals surface area (Å²) >= 11 is 5.41. The summed E-state index contributed by atoms with van der Waals surface area (Å²) in [6, 6.07) is 24.1. The van der Waals surface area contributed by atoms with Crippen LogP contribution >= 0.6 is 12.2 Å². The lowest BCUT2D eigenvalue weighted by molar-refractivity contribution is 0.355. The van der Waals surface area contributed by atoms with Crippen LogP contribution in [-0.4, -0.2) is 30.1 Å². The SMILES string of the molecule is COc1ccc(NC(=S)NN=Cc2c(-c3ccccc3)n(C)c3ccccc23)cc1OC. The van der Waals surface area contributed by atoms with E-state index in [0.29, 0.717) is 16.6 Å². The molecule has 7 heteroatoms. The van der Waals surface area contributed by atoms with Gasteiger partial charge < -0.3 is 19.4 Å². The third kappa shape index (κ3) is 4.29. The van der Waals surface area contributed by atoms with Gasteiger partial charge in [0.1, 0.15) is 0 Å².